The van der Waals surface area contributed by atoms with Gasteiger partial charge >= 0.3 is 0 Å². The van der Waals surface area contributed by atoms with Crippen molar-refractivity contribution in [2.24, 2.45) is 0 Å². The third kappa shape index (κ3) is 2.46. The van der Waals surface area contributed by atoms with Crippen molar-refractivity contribution < 1.29 is 0 Å². The minimum atomic E-state index is 0.705. The fraction of sp³-hybridized carbons (Fsp3) is 0.136. The number of halogens is 1. The summed E-state index contributed by atoms with van der Waals surface area (Å²) in [5.41, 5.74) is 10.1. The highest BCUT2D eigenvalue weighted by atomic mass is 79.9. The van der Waals surface area contributed by atoms with Crippen molar-refractivity contribution in [3.8, 4) is 28.3 Å². The number of aryl methyl sites for hydroxylation is 1. The summed E-state index contributed by atoms with van der Waals surface area (Å²) in [6.45, 7) is 0. The Hall–Kier alpha value is -2.37. The fourth-order valence-electron chi connectivity index (χ4n) is 3.64. The number of nitrogens with zero attached hydrogens (tertiary/aromatic N) is 1. The molecular weight excluding hydrogens is 358 g/mol. The van der Waals surface area contributed by atoms with Crippen molar-refractivity contribution >= 4 is 15.9 Å². The Morgan fingerprint density at radius 1 is 0.917 bits per heavy atom. The number of hydrogen-bond acceptors (Lipinski definition) is 1. The molecule has 0 unspecified atom stereocenters. The third-order valence-electron chi connectivity index (χ3n) is 4.74. The second-order valence-electron chi connectivity index (χ2n) is 6.09. The van der Waals surface area contributed by atoms with E-state index in [1.54, 1.807) is 0 Å². The molecule has 0 fully saturated rings. The van der Waals surface area contributed by atoms with E-state index in [1.807, 2.05) is 12.1 Å². The summed E-state index contributed by atoms with van der Waals surface area (Å²) < 4.78 is 0. The molecule has 0 heterocycles. The summed E-state index contributed by atoms with van der Waals surface area (Å²) in [4.78, 5) is 0. The van der Waals surface area contributed by atoms with Crippen LogP contribution in [-0.4, -0.2) is 5.33 Å². The molecule has 0 atom stereocenters. The molecule has 0 saturated heterocycles. The number of benzene rings is 3. The molecule has 3 aromatic carbocycles. The summed E-state index contributed by atoms with van der Waals surface area (Å²) in [6, 6.07) is 23.4. The van der Waals surface area contributed by atoms with Crippen LogP contribution in [0.5, 0.6) is 0 Å². The van der Waals surface area contributed by atoms with Crippen LogP contribution >= 0.6 is 15.9 Å². The summed E-state index contributed by atoms with van der Waals surface area (Å²) in [6.07, 6.45) is 1.98. The molecule has 0 aliphatic heterocycles. The predicted molar refractivity (Wildman–Crippen MR) is 102 cm³/mol. The summed E-state index contributed by atoms with van der Waals surface area (Å²) in [5.74, 6) is 0. The van der Waals surface area contributed by atoms with Gasteiger partial charge in [-0.15, -0.1) is 0 Å². The van der Waals surface area contributed by atoms with Gasteiger partial charge in [0.1, 0.15) is 0 Å². The maximum atomic E-state index is 9.05. The van der Waals surface area contributed by atoms with Gasteiger partial charge in [-0.3, -0.25) is 0 Å². The topological polar surface area (TPSA) is 23.8 Å². The first-order valence-corrected chi connectivity index (χ1v) is 9.23. The van der Waals surface area contributed by atoms with Crippen molar-refractivity contribution in [2.75, 3.05) is 5.33 Å². The van der Waals surface area contributed by atoms with E-state index < -0.39 is 0 Å². The van der Waals surface area contributed by atoms with Gasteiger partial charge in [-0.25, -0.2) is 0 Å². The highest BCUT2D eigenvalue weighted by Crippen LogP contribution is 2.43. The van der Waals surface area contributed by atoms with Crippen molar-refractivity contribution in [3.05, 3.63) is 82.9 Å². The van der Waals surface area contributed by atoms with E-state index in [0.29, 0.717) is 5.56 Å². The van der Waals surface area contributed by atoms with E-state index in [1.165, 1.54) is 38.9 Å². The lowest BCUT2D eigenvalue weighted by Gasteiger charge is -2.15. The van der Waals surface area contributed by atoms with Gasteiger partial charge in [0, 0.05) is 5.33 Å². The summed E-state index contributed by atoms with van der Waals surface area (Å²) in [7, 11) is 0. The Balaban J connectivity index is 1.93. The molecule has 1 aliphatic carbocycles. The molecule has 2 heteroatoms. The SMILES string of the molecule is N#Cc1ccc(-c2c(CCBr)ccc3c2Cc2ccccc2-3)cc1. The molecule has 0 radical (unpaired) electrons. The van der Waals surface area contributed by atoms with Gasteiger partial charge in [-0.2, -0.15) is 5.26 Å². The van der Waals surface area contributed by atoms with E-state index in [4.69, 9.17) is 5.26 Å². The maximum absolute atomic E-state index is 9.05. The third-order valence-corrected chi connectivity index (χ3v) is 5.14. The second-order valence-corrected chi connectivity index (χ2v) is 6.88. The van der Waals surface area contributed by atoms with Gasteiger partial charge in [-0.05, 0) is 63.9 Å². The lowest BCUT2D eigenvalue weighted by molar-refractivity contribution is 1.15. The van der Waals surface area contributed by atoms with Gasteiger partial charge in [0.15, 0.2) is 0 Å². The first-order valence-electron chi connectivity index (χ1n) is 8.11. The first kappa shape index (κ1) is 15.2. The van der Waals surface area contributed by atoms with Gasteiger partial charge in [0.2, 0.25) is 0 Å². The number of alkyl halides is 1. The van der Waals surface area contributed by atoms with Crippen LogP contribution in [0.4, 0.5) is 0 Å². The quantitative estimate of drug-likeness (QED) is 0.420. The Labute approximate surface area is 150 Å². The Kier molecular flexibility index (Phi) is 3.96. The molecule has 0 spiro atoms. The van der Waals surface area contributed by atoms with Crippen LogP contribution in [0.3, 0.4) is 0 Å². The standard InChI is InChI=1S/C22H16BrN/c23-12-11-17-9-10-20-19-4-2-1-3-18(19)13-21(20)22(17)16-7-5-15(14-24)6-8-16/h1-10H,11-13H2. The van der Waals surface area contributed by atoms with Crippen LogP contribution in [0, 0.1) is 11.3 Å². The Bertz CT molecular complexity index is 949. The van der Waals surface area contributed by atoms with Crippen molar-refractivity contribution in [1.82, 2.24) is 0 Å². The normalized spacial score (nSPS) is 11.7. The van der Waals surface area contributed by atoms with E-state index in [9.17, 15) is 0 Å². The molecular formula is C22H16BrN. The minimum Gasteiger partial charge on any atom is -0.192 e. The zero-order chi connectivity index (χ0) is 16.5. The van der Waals surface area contributed by atoms with Crippen LogP contribution in [-0.2, 0) is 12.8 Å². The zero-order valence-corrected chi connectivity index (χ0v) is 14.8. The van der Waals surface area contributed by atoms with Crippen LogP contribution in [0.25, 0.3) is 22.3 Å². The molecule has 1 nitrogen and oxygen atoms in total. The predicted octanol–water partition coefficient (Wildman–Crippen LogP) is 5.73. The number of hydrogen-bond donors (Lipinski definition) is 0. The number of rotatable bonds is 3. The van der Waals surface area contributed by atoms with Crippen molar-refractivity contribution in [1.29, 1.82) is 5.26 Å². The summed E-state index contributed by atoms with van der Waals surface area (Å²) >= 11 is 3.58. The molecule has 0 bridgehead atoms. The molecule has 0 N–H and O–H groups in total. The molecule has 0 saturated carbocycles. The lowest BCUT2D eigenvalue weighted by atomic mass is 9.89. The molecule has 116 valence electrons. The minimum absolute atomic E-state index is 0.705. The number of fused-ring (bicyclic) bond motifs is 3. The lowest BCUT2D eigenvalue weighted by Crippen LogP contribution is -1.97. The van der Waals surface area contributed by atoms with E-state index in [2.05, 4.69) is 70.5 Å². The zero-order valence-electron chi connectivity index (χ0n) is 13.2. The van der Waals surface area contributed by atoms with Crippen LogP contribution in [0.15, 0.2) is 60.7 Å². The van der Waals surface area contributed by atoms with Crippen LogP contribution in [0.2, 0.25) is 0 Å². The average Bonchev–Trinajstić information content (AvgIpc) is 3.00. The molecule has 24 heavy (non-hydrogen) atoms. The van der Waals surface area contributed by atoms with Crippen LogP contribution < -0.4 is 0 Å². The second kappa shape index (κ2) is 6.26. The van der Waals surface area contributed by atoms with Gasteiger partial charge in [0.25, 0.3) is 0 Å². The maximum Gasteiger partial charge on any atom is 0.0991 e. The highest BCUT2D eigenvalue weighted by Gasteiger charge is 2.23. The van der Waals surface area contributed by atoms with Gasteiger partial charge in [0.05, 0.1) is 11.6 Å². The van der Waals surface area contributed by atoms with E-state index >= 15 is 0 Å². The van der Waals surface area contributed by atoms with Gasteiger partial charge in [-0.1, -0.05) is 64.5 Å². The van der Waals surface area contributed by atoms with Crippen molar-refractivity contribution in [3.63, 3.8) is 0 Å². The van der Waals surface area contributed by atoms with E-state index in [-0.39, 0.29) is 0 Å². The van der Waals surface area contributed by atoms with Crippen LogP contribution in [0.1, 0.15) is 22.3 Å². The Morgan fingerprint density at radius 3 is 2.46 bits per heavy atom. The largest absolute Gasteiger partial charge is 0.192 e. The molecule has 0 aromatic heterocycles. The first-order chi connectivity index (χ1) is 11.8. The van der Waals surface area contributed by atoms with Gasteiger partial charge < -0.3 is 0 Å². The van der Waals surface area contributed by atoms with Crippen molar-refractivity contribution in [2.45, 2.75) is 12.8 Å². The van der Waals surface area contributed by atoms with E-state index in [0.717, 1.165) is 18.2 Å². The molecule has 0 amide bonds. The summed E-state index contributed by atoms with van der Waals surface area (Å²) in [5, 5.41) is 10.0. The number of nitriles is 1. The average molecular weight is 374 g/mol. The smallest absolute Gasteiger partial charge is 0.0991 e. The molecule has 1 aliphatic rings. The molecule has 3 aromatic rings. The molecule has 4 rings (SSSR count). The Morgan fingerprint density at radius 2 is 1.71 bits per heavy atom. The fourth-order valence-corrected chi connectivity index (χ4v) is 4.07. The monoisotopic (exact) mass is 373 g/mol. The highest BCUT2D eigenvalue weighted by molar-refractivity contribution is 9.09.